The first-order valence-electron chi connectivity index (χ1n) is 8.32. The van der Waals surface area contributed by atoms with Gasteiger partial charge >= 0.3 is 12.0 Å². The molecule has 0 aromatic heterocycles. The topological polar surface area (TPSA) is 66.9 Å². The van der Waals surface area contributed by atoms with E-state index in [0.717, 1.165) is 0 Å². The van der Waals surface area contributed by atoms with Crippen molar-refractivity contribution in [1.82, 2.24) is 0 Å². The molecular formula is C19H5F7N2O4. The van der Waals surface area contributed by atoms with Crippen molar-refractivity contribution in [3.05, 3.63) is 52.3 Å². The van der Waals surface area contributed by atoms with E-state index >= 15 is 0 Å². The average molecular weight is 458 g/mol. The van der Waals surface area contributed by atoms with Crippen LogP contribution in [0.5, 0.6) is 5.75 Å². The van der Waals surface area contributed by atoms with Crippen LogP contribution in [0.1, 0.15) is 20.7 Å². The van der Waals surface area contributed by atoms with Crippen molar-refractivity contribution in [2.24, 2.45) is 0 Å². The Morgan fingerprint density at radius 2 is 1.41 bits per heavy atom. The summed E-state index contributed by atoms with van der Waals surface area (Å²) in [6, 6.07) is 0.783. The van der Waals surface area contributed by atoms with Gasteiger partial charge in [-0.15, -0.1) is 6.42 Å². The molecule has 6 nitrogen and oxygen atoms in total. The Morgan fingerprint density at radius 1 is 0.875 bits per heavy atom. The van der Waals surface area contributed by atoms with Crippen LogP contribution in [0.4, 0.5) is 42.1 Å². The number of fused-ring (bicyclic) bond motifs is 2. The number of benzene rings is 2. The normalized spacial score (nSPS) is 16.6. The summed E-state index contributed by atoms with van der Waals surface area (Å²) in [5.74, 6) is -15.2. The molecule has 164 valence electrons. The van der Waals surface area contributed by atoms with Gasteiger partial charge in [-0.25, -0.2) is 26.9 Å². The zero-order valence-corrected chi connectivity index (χ0v) is 15.1. The average Bonchev–Trinajstić information content (AvgIpc) is 2.98. The SMILES string of the molecule is C#CCN1C(=O)C(F)(F)Oc2cc(F)c(N3C(=O)c4c(F)c(F)c(F)c(F)c4C3=O)cc21. The smallest absolute Gasteiger partial charge is 0.423 e. The minimum absolute atomic E-state index is 0.170. The molecule has 0 radical (unpaired) electrons. The molecule has 2 aliphatic heterocycles. The highest BCUT2D eigenvalue weighted by atomic mass is 19.3. The fourth-order valence-electron chi connectivity index (χ4n) is 3.26. The van der Waals surface area contributed by atoms with Gasteiger partial charge in [0.25, 0.3) is 11.8 Å². The molecule has 0 unspecified atom stereocenters. The third-order valence-electron chi connectivity index (χ3n) is 4.64. The van der Waals surface area contributed by atoms with Crippen LogP contribution in [0.3, 0.4) is 0 Å². The molecule has 32 heavy (non-hydrogen) atoms. The number of hydrogen-bond acceptors (Lipinski definition) is 4. The first kappa shape index (κ1) is 21.2. The van der Waals surface area contributed by atoms with E-state index in [0.29, 0.717) is 6.07 Å². The lowest BCUT2D eigenvalue weighted by Gasteiger charge is -2.33. The van der Waals surface area contributed by atoms with Gasteiger partial charge in [0, 0.05) is 6.07 Å². The summed E-state index contributed by atoms with van der Waals surface area (Å²) in [4.78, 5) is 37.1. The lowest BCUT2D eigenvalue weighted by molar-refractivity contribution is -0.192. The lowest BCUT2D eigenvalue weighted by atomic mass is 10.1. The van der Waals surface area contributed by atoms with E-state index < -0.39 is 87.7 Å². The maximum Gasteiger partial charge on any atom is 0.483 e. The number of halogens is 7. The van der Waals surface area contributed by atoms with E-state index in [4.69, 9.17) is 6.42 Å². The summed E-state index contributed by atoms with van der Waals surface area (Å²) in [6.45, 7) is -0.766. The quantitative estimate of drug-likeness (QED) is 0.228. The van der Waals surface area contributed by atoms with Crippen molar-refractivity contribution >= 4 is 29.1 Å². The molecule has 0 spiro atoms. The maximum atomic E-state index is 14.7. The van der Waals surface area contributed by atoms with Crippen molar-refractivity contribution in [3.63, 3.8) is 0 Å². The molecule has 0 saturated carbocycles. The number of terminal acetylenes is 1. The third kappa shape index (κ3) is 2.65. The van der Waals surface area contributed by atoms with E-state index in [1.807, 2.05) is 5.92 Å². The fourth-order valence-corrected chi connectivity index (χ4v) is 3.26. The molecule has 2 aromatic carbocycles. The van der Waals surface area contributed by atoms with E-state index in [-0.39, 0.29) is 15.9 Å². The second-order valence-electron chi connectivity index (χ2n) is 6.44. The molecule has 0 aliphatic carbocycles. The van der Waals surface area contributed by atoms with E-state index in [1.165, 1.54) is 0 Å². The first-order valence-corrected chi connectivity index (χ1v) is 8.32. The minimum Gasteiger partial charge on any atom is -0.423 e. The summed E-state index contributed by atoms with van der Waals surface area (Å²) >= 11 is 0. The largest absolute Gasteiger partial charge is 0.483 e. The number of anilines is 2. The van der Waals surface area contributed by atoms with Crippen molar-refractivity contribution in [2.75, 3.05) is 16.3 Å². The van der Waals surface area contributed by atoms with Crippen molar-refractivity contribution < 1.29 is 49.9 Å². The number of amides is 3. The second kappa shape index (κ2) is 6.71. The molecule has 2 aliphatic rings. The number of nitrogens with zero attached hydrogens (tertiary/aromatic N) is 2. The Labute approximate surface area is 172 Å². The third-order valence-corrected chi connectivity index (χ3v) is 4.64. The fraction of sp³-hybridized carbons (Fsp3) is 0.105. The van der Waals surface area contributed by atoms with Crippen LogP contribution >= 0.6 is 0 Å². The van der Waals surface area contributed by atoms with E-state index in [1.54, 1.807) is 0 Å². The van der Waals surface area contributed by atoms with Crippen molar-refractivity contribution in [2.45, 2.75) is 6.11 Å². The summed E-state index contributed by atoms with van der Waals surface area (Å²) in [5, 5.41) is 0. The Hall–Kier alpha value is -4.08. The number of carbonyl (C=O) groups is 3. The Bertz CT molecular complexity index is 1260. The number of carbonyl (C=O) groups excluding carboxylic acids is 3. The van der Waals surface area contributed by atoms with Crippen LogP contribution in [0.2, 0.25) is 0 Å². The highest BCUT2D eigenvalue weighted by molar-refractivity contribution is 6.34. The van der Waals surface area contributed by atoms with Crippen molar-refractivity contribution in [1.29, 1.82) is 0 Å². The summed E-state index contributed by atoms with van der Waals surface area (Å²) in [5.41, 5.74) is -4.67. The Balaban J connectivity index is 1.91. The molecule has 2 heterocycles. The summed E-state index contributed by atoms with van der Waals surface area (Å²) in [6.07, 6.45) is 0.622. The zero-order chi connectivity index (χ0) is 23.7. The predicted octanol–water partition coefficient (Wildman–Crippen LogP) is 3.13. The van der Waals surface area contributed by atoms with Gasteiger partial charge in [0.05, 0.1) is 29.0 Å². The first-order chi connectivity index (χ1) is 14.9. The monoisotopic (exact) mass is 458 g/mol. The van der Waals surface area contributed by atoms with Gasteiger partial charge in [0.1, 0.15) is 0 Å². The molecule has 0 bridgehead atoms. The molecule has 0 N–H and O–H groups in total. The van der Waals surface area contributed by atoms with Gasteiger partial charge in [0.15, 0.2) is 34.8 Å². The number of alkyl halides is 2. The second-order valence-corrected chi connectivity index (χ2v) is 6.44. The lowest BCUT2D eigenvalue weighted by Crippen LogP contribution is -2.51. The van der Waals surface area contributed by atoms with Gasteiger partial charge in [-0.1, -0.05) is 5.92 Å². The van der Waals surface area contributed by atoms with E-state index in [9.17, 15) is 45.1 Å². The number of hydrogen-bond donors (Lipinski definition) is 0. The molecule has 13 heteroatoms. The van der Waals surface area contributed by atoms with Crippen LogP contribution in [-0.2, 0) is 4.79 Å². The molecule has 0 fully saturated rings. The zero-order valence-electron chi connectivity index (χ0n) is 15.1. The Morgan fingerprint density at radius 3 is 1.91 bits per heavy atom. The highest BCUT2D eigenvalue weighted by Crippen LogP contribution is 2.44. The number of rotatable bonds is 2. The van der Waals surface area contributed by atoms with E-state index in [2.05, 4.69) is 4.74 Å². The molecule has 4 rings (SSSR count). The maximum absolute atomic E-state index is 14.7. The van der Waals surface area contributed by atoms with Crippen LogP contribution in [-0.4, -0.2) is 30.4 Å². The number of ether oxygens (including phenoxy) is 1. The molecule has 3 amide bonds. The molecule has 0 atom stereocenters. The minimum atomic E-state index is -4.42. The molecular weight excluding hydrogens is 453 g/mol. The van der Waals surface area contributed by atoms with Crippen LogP contribution < -0.4 is 14.5 Å². The standard InChI is InChI=1S/C19H5F7N2O4/c1-2-3-27-8-5-7(6(20)4-9(8)32-19(25,26)18(27)31)28-16(29)10-11(17(28)30)13(22)15(24)14(23)12(10)21/h1,4-5H,3H2. The summed E-state index contributed by atoms with van der Waals surface area (Å²) in [7, 11) is 0. The number of imide groups is 1. The van der Waals surface area contributed by atoms with Crippen LogP contribution in [0.25, 0.3) is 0 Å². The Kier molecular flexibility index (Phi) is 4.44. The van der Waals surface area contributed by atoms with Gasteiger partial charge in [-0.05, 0) is 6.07 Å². The van der Waals surface area contributed by atoms with Crippen molar-refractivity contribution in [3.8, 4) is 18.1 Å². The van der Waals surface area contributed by atoms with Crippen LogP contribution in [0.15, 0.2) is 12.1 Å². The van der Waals surface area contributed by atoms with Gasteiger partial charge in [-0.3, -0.25) is 19.3 Å². The van der Waals surface area contributed by atoms with Crippen LogP contribution in [0, 0.1) is 41.4 Å². The highest BCUT2D eigenvalue weighted by Gasteiger charge is 2.52. The van der Waals surface area contributed by atoms with Gasteiger partial charge < -0.3 is 4.74 Å². The summed E-state index contributed by atoms with van der Waals surface area (Å²) < 4.78 is 102. The molecule has 0 saturated heterocycles. The predicted molar refractivity (Wildman–Crippen MR) is 90.6 cm³/mol. The van der Waals surface area contributed by atoms with Gasteiger partial charge in [0.2, 0.25) is 0 Å². The molecule has 2 aromatic rings. The van der Waals surface area contributed by atoms with Gasteiger partial charge in [-0.2, -0.15) is 8.78 Å².